The van der Waals surface area contributed by atoms with Crippen LogP contribution in [0.15, 0.2) is 54.1 Å². The van der Waals surface area contributed by atoms with Crippen LogP contribution in [-0.4, -0.2) is 5.33 Å². The van der Waals surface area contributed by atoms with Crippen molar-refractivity contribution in [3.05, 3.63) is 65.2 Å². The van der Waals surface area contributed by atoms with Gasteiger partial charge in [0, 0.05) is 5.33 Å². The molecule has 2 aromatic rings. The van der Waals surface area contributed by atoms with Gasteiger partial charge in [-0.05, 0) is 41.2 Å². The van der Waals surface area contributed by atoms with Gasteiger partial charge in [-0.3, -0.25) is 0 Å². The molecule has 1 heteroatoms. The van der Waals surface area contributed by atoms with Crippen LogP contribution in [0.5, 0.6) is 0 Å². The molecule has 18 heavy (non-hydrogen) atoms. The lowest BCUT2D eigenvalue weighted by molar-refractivity contribution is 1.19. The first-order valence-electron chi connectivity index (χ1n) is 6.23. The van der Waals surface area contributed by atoms with Crippen molar-refractivity contribution in [2.24, 2.45) is 0 Å². The van der Waals surface area contributed by atoms with E-state index < -0.39 is 0 Å². The quantitative estimate of drug-likeness (QED) is 0.678. The highest BCUT2D eigenvalue weighted by Gasteiger charge is 2.20. The molecule has 0 N–H and O–H groups in total. The largest absolute Gasteiger partial charge is 0.0876 e. The number of benzene rings is 2. The van der Waals surface area contributed by atoms with Gasteiger partial charge < -0.3 is 0 Å². The van der Waals surface area contributed by atoms with E-state index in [1.54, 1.807) is 0 Å². The summed E-state index contributed by atoms with van der Waals surface area (Å²) in [5.41, 5.74) is 8.55. The zero-order valence-electron chi connectivity index (χ0n) is 10.4. The second-order valence-electron chi connectivity index (χ2n) is 4.77. The van der Waals surface area contributed by atoms with Crippen molar-refractivity contribution >= 4 is 21.5 Å². The van der Waals surface area contributed by atoms with Gasteiger partial charge in [0.25, 0.3) is 0 Å². The normalized spacial score (nSPS) is 13.9. The van der Waals surface area contributed by atoms with Crippen molar-refractivity contribution in [2.75, 3.05) is 5.33 Å². The Hall–Kier alpha value is -1.34. The third kappa shape index (κ3) is 1.83. The highest BCUT2D eigenvalue weighted by molar-refractivity contribution is 9.09. The molecule has 0 fully saturated rings. The fourth-order valence-electron chi connectivity index (χ4n) is 2.74. The first-order chi connectivity index (χ1) is 8.81. The number of halogens is 1. The summed E-state index contributed by atoms with van der Waals surface area (Å²) in [6, 6.07) is 17.3. The van der Waals surface area contributed by atoms with Crippen LogP contribution in [0, 0.1) is 0 Å². The molecule has 0 radical (unpaired) electrons. The molecule has 0 nitrogen and oxygen atoms in total. The molecule has 0 spiro atoms. The van der Waals surface area contributed by atoms with Crippen molar-refractivity contribution in [1.82, 2.24) is 0 Å². The predicted molar refractivity (Wildman–Crippen MR) is 82.0 cm³/mol. The summed E-state index contributed by atoms with van der Waals surface area (Å²) in [6.07, 6.45) is 1.08. The molecule has 0 bridgehead atoms. The Bertz CT molecular complexity index is 609. The summed E-state index contributed by atoms with van der Waals surface area (Å²) in [5, 5.41) is 0.948. The zero-order chi connectivity index (χ0) is 12.5. The van der Waals surface area contributed by atoms with Crippen LogP contribution in [0.25, 0.3) is 16.7 Å². The summed E-state index contributed by atoms with van der Waals surface area (Å²) in [4.78, 5) is 0. The highest BCUT2D eigenvalue weighted by Crippen LogP contribution is 2.39. The molecule has 0 atom stereocenters. The van der Waals surface area contributed by atoms with E-state index in [2.05, 4.69) is 71.4 Å². The molecule has 1 aliphatic rings. The van der Waals surface area contributed by atoms with E-state index in [0.29, 0.717) is 0 Å². The molecule has 3 rings (SSSR count). The smallest absolute Gasteiger partial charge is 0.0288 e. The first kappa shape index (κ1) is 11.7. The third-order valence-electron chi connectivity index (χ3n) is 3.68. The molecule has 0 unspecified atom stereocenters. The van der Waals surface area contributed by atoms with Gasteiger partial charge >= 0.3 is 0 Å². The third-order valence-corrected chi connectivity index (χ3v) is 4.24. The van der Waals surface area contributed by atoms with Gasteiger partial charge in [0.2, 0.25) is 0 Å². The number of hydrogen-bond acceptors (Lipinski definition) is 0. The molecular formula is C17H15Br. The lowest BCUT2D eigenvalue weighted by atomic mass is 9.95. The SMILES string of the molecule is CC1=C(CBr)c2cccc(-c3ccccc3)c2C1. The Morgan fingerprint density at radius 2 is 1.67 bits per heavy atom. The monoisotopic (exact) mass is 298 g/mol. The van der Waals surface area contributed by atoms with Crippen LogP contribution in [0.3, 0.4) is 0 Å². The Balaban J connectivity index is 2.16. The van der Waals surface area contributed by atoms with Gasteiger partial charge in [-0.15, -0.1) is 0 Å². The summed E-state index contributed by atoms with van der Waals surface area (Å²) in [7, 11) is 0. The Kier molecular flexibility index (Phi) is 3.09. The first-order valence-corrected chi connectivity index (χ1v) is 7.35. The average molecular weight is 299 g/mol. The van der Waals surface area contributed by atoms with Gasteiger partial charge in [-0.2, -0.15) is 0 Å². The molecule has 1 aliphatic carbocycles. The van der Waals surface area contributed by atoms with Gasteiger partial charge in [0.1, 0.15) is 0 Å². The van der Waals surface area contributed by atoms with Crippen LogP contribution < -0.4 is 0 Å². The van der Waals surface area contributed by atoms with E-state index in [1.165, 1.54) is 33.4 Å². The Morgan fingerprint density at radius 3 is 2.39 bits per heavy atom. The van der Waals surface area contributed by atoms with Gasteiger partial charge in [0.05, 0.1) is 0 Å². The number of alkyl halides is 1. The fourth-order valence-corrected chi connectivity index (χ4v) is 3.52. The molecular weight excluding hydrogens is 284 g/mol. The predicted octanol–water partition coefficient (Wildman–Crippen LogP) is 5.08. The molecule has 0 aliphatic heterocycles. The van der Waals surface area contributed by atoms with E-state index in [4.69, 9.17) is 0 Å². The second kappa shape index (κ2) is 4.74. The number of fused-ring (bicyclic) bond motifs is 1. The van der Waals surface area contributed by atoms with Crippen LogP contribution in [0.4, 0.5) is 0 Å². The maximum absolute atomic E-state index is 3.61. The maximum Gasteiger partial charge on any atom is 0.0288 e. The van der Waals surface area contributed by atoms with Crippen LogP contribution in [0.1, 0.15) is 18.1 Å². The average Bonchev–Trinajstić information content (AvgIpc) is 2.74. The van der Waals surface area contributed by atoms with E-state index >= 15 is 0 Å². The van der Waals surface area contributed by atoms with E-state index in [0.717, 1.165) is 11.8 Å². The minimum atomic E-state index is 0.948. The fraction of sp³-hybridized carbons (Fsp3) is 0.176. The molecule has 0 saturated carbocycles. The number of rotatable bonds is 2. The highest BCUT2D eigenvalue weighted by atomic mass is 79.9. The summed E-state index contributed by atoms with van der Waals surface area (Å²) in [5.74, 6) is 0. The minimum absolute atomic E-state index is 0.948. The standard InChI is InChI=1S/C17H15Br/c1-12-10-16-14(13-6-3-2-4-7-13)8-5-9-15(16)17(12)11-18/h2-9H,10-11H2,1H3. The van der Waals surface area contributed by atoms with Crippen molar-refractivity contribution in [1.29, 1.82) is 0 Å². The van der Waals surface area contributed by atoms with Gasteiger partial charge in [-0.25, -0.2) is 0 Å². The molecule has 90 valence electrons. The summed E-state index contributed by atoms with van der Waals surface area (Å²) < 4.78 is 0. The van der Waals surface area contributed by atoms with Crippen molar-refractivity contribution in [3.8, 4) is 11.1 Å². The van der Waals surface area contributed by atoms with Crippen molar-refractivity contribution in [3.63, 3.8) is 0 Å². The minimum Gasteiger partial charge on any atom is -0.0876 e. The van der Waals surface area contributed by atoms with Gasteiger partial charge in [0.15, 0.2) is 0 Å². The van der Waals surface area contributed by atoms with Crippen molar-refractivity contribution < 1.29 is 0 Å². The van der Waals surface area contributed by atoms with Gasteiger partial charge in [-0.1, -0.05) is 70.0 Å². The van der Waals surface area contributed by atoms with E-state index in [9.17, 15) is 0 Å². The van der Waals surface area contributed by atoms with Crippen LogP contribution >= 0.6 is 15.9 Å². The topological polar surface area (TPSA) is 0 Å². The lowest BCUT2D eigenvalue weighted by Crippen LogP contribution is -1.90. The summed E-state index contributed by atoms with van der Waals surface area (Å²) in [6.45, 7) is 2.24. The second-order valence-corrected chi connectivity index (χ2v) is 5.33. The van der Waals surface area contributed by atoms with Crippen LogP contribution in [0.2, 0.25) is 0 Å². The van der Waals surface area contributed by atoms with Crippen molar-refractivity contribution in [2.45, 2.75) is 13.3 Å². The zero-order valence-corrected chi connectivity index (χ0v) is 12.0. The van der Waals surface area contributed by atoms with Crippen LogP contribution in [-0.2, 0) is 6.42 Å². The van der Waals surface area contributed by atoms with E-state index in [1.807, 2.05) is 0 Å². The molecule has 0 amide bonds. The number of allylic oxidation sites excluding steroid dienone is 2. The Morgan fingerprint density at radius 1 is 0.944 bits per heavy atom. The molecule has 0 heterocycles. The lowest BCUT2D eigenvalue weighted by Gasteiger charge is -2.09. The Labute approximate surface area is 116 Å². The summed E-state index contributed by atoms with van der Waals surface area (Å²) >= 11 is 3.61. The van der Waals surface area contributed by atoms with E-state index in [-0.39, 0.29) is 0 Å². The maximum atomic E-state index is 3.61. The molecule has 0 aromatic heterocycles. The molecule has 0 saturated heterocycles. The number of hydrogen-bond donors (Lipinski definition) is 0. The molecule has 2 aromatic carbocycles.